The SMILES string of the molecule is COc1cc(/C=C2\SC(=Nc3cccc(C(=O)O)c3)N(C)C2=O)cc(Cl)c1OCc1cccc(F)c1. The molecular formula is C26H20ClFN2O5S. The Morgan fingerprint density at radius 1 is 1.19 bits per heavy atom. The molecule has 1 fully saturated rings. The fraction of sp³-hybridized carbons (Fsp3) is 0.115. The number of hydrogen-bond acceptors (Lipinski definition) is 6. The van der Waals surface area contributed by atoms with Gasteiger partial charge in [0.1, 0.15) is 12.4 Å². The maximum Gasteiger partial charge on any atom is 0.335 e. The smallest absolute Gasteiger partial charge is 0.335 e. The lowest BCUT2D eigenvalue weighted by Crippen LogP contribution is -2.23. The Balaban J connectivity index is 1.57. The van der Waals surface area contributed by atoms with E-state index in [1.807, 2.05) is 0 Å². The van der Waals surface area contributed by atoms with Crippen molar-refractivity contribution in [2.45, 2.75) is 6.61 Å². The summed E-state index contributed by atoms with van der Waals surface area (Å²) in [6.07, 6.45) is 1.66. The highest BCUT2D eigenvalue weighted by Crippen LogP contribution is 2.39. The molecule has 0 atom stereocenters. The number of ether oxygens (including phenoxy) is 2. The Labute approximate surface area is 215 Å². The quantitative estimate of drug-likeness (QED) is 0.380. The van der Waals surface area contributed by atoms with E-state index < -0.39 is 5.97 Å². The maximum atomic E-state index is 13.4. The lowest BCUT2D eigenvalue weighted by molar-refractivity contribution is -0.121. The Morgan fingerprint density at radius 3 is 2.69 bits per heavy atom. The highest BCUT2D eigenvalue weighted by Gasteiger charge is 2.30. The number of methoxy groups -OCH3 is 1. The number of aromatic carboxylic acids is 1. The minimum absolute atomic E-state index is 0.0936. The standard InChI is InChI=1S/C26H20ClFN2O5S/c1-30-24(31)22(36-26(30)29-19-8-4-6-17(13-19)25(32)33)12-16-10-20(27)23(21(11-16)34-2)35-14-15-5-3-7-18(28)9-15/h3-13H,14H2,1-2H3,(H,32,33)/b22-12-,29-26?. The van der Waals surface area contributed by atoms with Gasteiger partial charge in [0.2, 0.25) is 0 Å². The molecule has 36 heavy (non-hydrogen) atoms. The van der Waals surface area contributed by atoms with E-state index in [1.54, 1.807) is 49.5 Å². The van der Waals surface area contributed by atoms with Gasteiger partial charge in [-0.05, 0) is 71.4 Å². The van der Waals surface area contributed by atoms with Gasteiger partial charge in [-0.2, -0.15) is 0 Å². The second-order valence-corrected chi connectivity index (χ2v) is 9.09. The van der Waals surface area contributed by atoms with Crippen LogP contribution in [0.3, 0.4) is 0 Å². The first-order chi connectivity index (χ1) is 17.2. The number of thioether (sulfide) groups is 1. The van der Waals surface area contributed by atoms with Crippen molar-refractivity contribution >= 4 is 52.2 Å². The third-order valence-electron chi connectivity index (χ3n) is 5.14. The third kappa shape index (κ3) is 5.69. The average molecular weight is 527 g/mol. The fourth-order valence-electron chi connectivity index (χ4n) is 3.37. The van der Waals surface area contributed by atoms with Gasteiger partial charge in [0, 0.05) is 7.05 Å². The van der Waals surface area contributed by atoms with E-state index >= 15 is 0 Å². The summed E-state index contributed by atoms with van der Waals surface area (Å²) in [7, 11) is 3.06. The monoisotopic (exact) mass is 526 g/mol. The van der Waals surface area contributed by atoms with Crippen molar-refractivity contribution < 1.29 is 28.6 Å². The first-order valence-corrected chi connectivity index (χ1v) is 11.8. The third-order valence-corrected chi connectivity index (χ3v) is 6.48. The zero-order valence-electron chi connectivity index (χ0n) is 19.2. The summed E-state index contributed by atoms with van der Waals surface area (Å²) < 4.78 is 24.7. The molecule has 0 aliphatic carbocycles. The number of carboxylic acid groups (broad SMARTS) is 1. The van der Waals surface area contributed by atoms with Crippen LogP contribution in [0.2, 0.25) is 5.02 Å². The van der Waals surface area contributed by atoms with Crippen LogP contribution in [0.1, 0.15) is 21.5 Å². The van der Waals surface area contributed by atoms with E-state index in [0.717, 1.165) is 11.8 Å². The van der Waals surface area contributed by atoms with E-state index in [2.05, 4.69) is 4.99 Å². The molecule has 3 aromatic carbocycles. The van der Waals surface area contributed by atoms with Crippen LogP contribution in [0.25, 0.3) is 6.08 Å². The first-order valence-electron chi connectivity index (χ1n) is 10.6. The van der Waals surface area contributed by atoms with Crippen molar-refractivity contribution in [3.63, 3.8) is 0 Å². The molecule has 1 saturated heterocycles. The molecule has 184 valence electrons. The molecule has 0 aromatic heterocycles. The predicted molar refractivity (Wildman–Crippen MR) is 138 cm³/mol. The Hall–Kier alpha value is -3.82. The number of amides is 1. The number of amidine groups is 1. The number of carbonyl (C=O) groups is 2. The zero-order chi connectivity index (χ0) is 25.8. The molecule has 0 bridgehead atoms. The van der Waals surface area contributed by atoms with Crippen LogP contribution in [0.5, 0.6) is 11.5 Å². The Kier molecular flexibility index (Phi) is 7.61. The number of rotatable bonds is 7. The van der Waals surface area contributed by atoms with Gasteiger partial charge in [0.05, 0.1) is 28.3 Å². The highest BCUT2D eigenvalue weighted by atomic mass is 35.5. The van der Waals surface area contributed by atoms with Gasteiger partial charge < -0.3 is 14.6 Å². The lowest BCUT2D eigenvalue weighted by Gasteiger charge is -2.13. The summed E-state index contributed by atoms with van der Waals surface area (Å²) in [4.78, 5) is 30.3. The van der Waals surface area contributed by atoms with E-state index in [1.165, 1.54) is 36.3 Å². The molecule has 0 radical (unpaired) electrons. The van der Waals surface area contributed by atoms with Crippen LogP contribution in [-0.4, -0.2) is 41.2 Å². The molecule has 7 nitrogen and oxygen atoms in total. The highest BCUT2D eigenvalue weighted by molar-refractivity contribution is 8.18. The maximum absolute atomic E-state index is 13.4. The summed E-state index contributed by atoms with van der Waals surface area (Å²) >= 11 is 7.61. The molecular weight excluding hydrogens is 507 g/mol. The van der Waals surface area contributed by atoms with E-state index in [0.29, 0.717) is 38.4 Å². The number of nitrogens with zero attached hydrogens (tertiary/aromatic N) is 2. The van der Waals surface area contributed by atoms with Gasteiger partial charge in [-0.15, -0.1) is 0 Å². The Morgan fingerprint density at radius 2 is 1.97 bits per heavy atom. The van der Waals surface area contributed by atoms with Gasteiger partial charge in [0.25, 0.3) is 5.91 Å². The molecule has 1 aliphatic heterocycles. The lowest BCUT2D eigenvalue weighted by atomic mass is 10.1. The number of halogens is 2. The van der Waals surface area contributed by atoms with Crippen molar-refractivity contribution in [2.24, 2.45) is 4.99 Å². The zero-order valence-corrected chi connectivity index (χ0v) is 20.8. The molecule has 1 amide bonds. The topological polar surface area (TPSA) is 88.4 Å². The minimum atomic E-state index is -1.06. The molecule has 1 heterocycles. The second kappa shape index (κ2) is 10.8. The first kappa shape index (κ1) is 25.3. The molecule has 1 N–H and O–H groups in total. The van der Waals surface area contributed by atoms with Crippen molar-refractivity contribution in [2.75, 3.05) is 14.2 Å². The minimum Gasteiger partial charge on any atom is -0.493 e. The van der Waals surface area contributed by atoms with Gasteiger partial charge in [-0.3, -0.25) is 9.69 Å². The van der Waals surface area contributed by atoms with E-state index in [-0.39, 0.29) is 28.9 Å². The van der Waals surface area contributed by atoms with Crippen LogP contribution >= 0.6 is 23.4 Å². The van der Waals surface area contributed by atoms with Crippen molar-refractivity contribution in [1.29, 1.82) is 0 Å². The molecule has 0 spiro atoms. The summed E-state index contributed by atoms with van der Waals surface area (Å²) in [6, 6.07) is 15.5. The van der Waals surface area contributed by atoms with Crippen molar-refractivity contribution in [3.05, 3.63) is 93.1 Å². The predicted octanol–water partition coefficient (Wildman–Crippen LogP) is 6.00. The van der Waals surface area contributed by atoms with Crippen LogP contribution in [-0.2, 0) is 11.4 Å². The molecule has 10 heteroatoms. The molecule has 3 aromatic rings. The molecule has 1 aliphatic rings. The summed E-state index contributed by atoms with van der Waals surface area (Å²) in [5.74, 6) is -1.04. The molecule has 0 saturated carbocycles. The van der Waals surface area contributed by atoms with Gasteiger partial charge in [0.15, 0.2) is 16.7 Å². The number of aliphatic imine (C=N–C) groups is 1. The van der Waals surface area contributed by atoms with Crippen molar-refractivity contribution in [3.8, 4) is 11.5 Å². The van der Waals surface area contributed by atoms with Gasteiger partial charge in [-0.1, -0.05) is 29.8 Å². The number of likely N-dealkylation sites (N-methyl/N-ethyl adjacent to an activating group) is 1. The van der Waals surface area contributed by atoms with Gasteiger partial charge >= 0.3 is 5.97 Å². The fourth-order valence-corrected chi connectivity index (χ4v) is 4.63. The summed E-state index contributed by atoms with van der Waals surface area (Å²) in [5, 5.41) is 9.85. The number of carboxylic acids is 1. The van der Waals surface area contributed by atoms with E-state index in [9.17, 15) is 19.1 Å². The number of carbonyl (C=O) groups excluding carboxylic acids is 1. The van der Waals surface area contributed by atoms with Crippen LogP contribution < -0.4 is 9.47 Å². The average Bonchev–Trinajstić information content (AvgIpc) is 3.10. The normalized spacial score (nSPS) is 15.6. The van der Waals surface area contributed by atoms with Gasteiger partial charge in [-0.25, -0.2) is 14.2 Å². The second-order valence-electron chi connectivity index (χ2n) is 7.68. The van der Waals surface area contributed by atoms with Crippen molar-refractivity contribution in [1.82, 2.24) is 4.90 Å². The van der Waals surface area contributed by atoms with Crippen LogP contribution in [0.15, 0.2) is 70.6 Å². The van der Waals surface area contributed by atoms with E-state index in [4.69, 9.17) is 21.1 Å². The summed E-state index contributed by atoms with van der Waals surface area (Å²) in [6.45, 7) is 0.0936. The Bertz CT molecular complexity index is 1410. The van der Waals surface area contributed by atoms with Crippen LogP contribution in [0, 0.1) is 5.82 Å². The molecule has 0 unspecified atom stereocenters. The number of hydrogen-bond donors (Lipinski definition) is 1. The molecule has 4 rings (SSSR count). The largest absolute Gasteiger partial charge is 0.493 e. The van der Waals surface area contributed by atoms with Crippen LogP contribution in [0.4, 0.5) is 10.1 Å². The number of benzene rings is 3. The summed E-state index contributed by atoms with van der Waals surface area (Å²) in [5.41, 5.74) is 1.76.